The molecule has 3 rings (SSSR count). The zero-order chi connectivity index (χ0) is 17.3. The highest BCUT2D eigenvalue weighted by molar-refractivity contribution is 7.17. The number of piperidine rings is 1. The van der Waals surface area contributed by atoms with Gasteiger partial charge in [0.2, 0.25) is 5.91 Å². The first-order valence-electron chi connectivity index (χ1n) is 8.94. The molecule has 2 heterocycles. The van der Waals surface area contributed by atoms with E-state index in [4.69, 9.17) is 5.73 Å². The van der Waals surface area contributed by atoms with Gasteiger partial charge in [-0.2, -0.15) is 0 Å². The highest BCUT2D eigenvalue weighted by Crippen LogP contribution is 2.39. The lowest BCUT2D eigenvalue weighted by molar-refractivity contribution is -0.118. The summed E-state index contributed by atoms with van der Waals surface area (Å²) in [7, 11) is 0. The van der Waals surface area contributed by atoms with Gasteiger partial charge in [0.1, 0.15) is 5.00 Å². The molecule has 132 valence electrons. The Bertz CT molecular complexity index is 640. The van der Waals surface area contributed by atoms with Crippen LogP contribution in [0.25, 0.3) is 0 Å². The quantitative estimate of drug-likeness (QED) is 0.877. The number of hydrogen-bond acceptors (Lipinski definition) is 4. The number of nitrogens with two attached hydrogens (primary N) is 1. The topological polar surface area (TPSA) is 75.4 Å². The van der Waals surface area contributed by atoms with E-state index in [2.05, 4.69) is 24.1 Å². The first-order valence-corrected chi connectivity index (χ1v) is 9.75. The number of nitrogens with zero attached hydrogens (tertiary/aromatic N) is 1. The molecule has 1 aliphatic heterocycles. The van der Waals surface area contributed by atoms with Gasteiger partial charge in [-0.25, -0.2) is 0 Å². The summed E-state index contributed by atoms with van der Waals surface area (Å²) in [5.74, 6) is 0.149. The molecule has 5 nitrogen and oxygen atoms in total. The van der Waals surface area contributed by atoms with Crippen molar-refractivity contribution in [2.24, 2.45) is 11.7 Å². The molecule has 0 unspecified atom stereocenters. The highest BCUT2D eigenvalue weighted by Gasteiger charge is 2.28. The molecule has 3 N–H and O–H groups in total. The van der Waals surface area contributed by atoms with Crippen molar-refractivity contribution in [2.75, 3.05) is 18.4 Å². The second-order valence-electron chi connectivity index (χ2n) is 7.28. The van der Waals surface area contributed by atoms with E-state index in [0.717, 1.165) is 44.2 Å². The molecule has 2 aliphatic rings. The minimum absolute atomic E-state index is 0.0436. The SMILES string of the molecule is C[C@H]1CCc2c(sc(NC(=O)CN3CCCC[C@@H]3C)c2C(N)=O)C1. The zero-order valence-corrected chi connectivity index (χ0v) is 15.4. The summed E-state index contributed by atoms with van der Waals surface area (Å²) in [6.07, 6.45) is 6.45. The molecule has 0 bridgehead atoms. The number of thiophene rings is 1. The van der Waals surface area contributed by atoms with Gasteiger partial charge in [0.15, 0.2) is 0 Å². The lowest BCUT2D eigenvalue weighted by atomic mass is 9.88. The summed E-state index contributed by atoms with van der Waals surface area (Å²) in [6.45, 7) is 5.75. The summed E-state index contributed by atoms with van der Waals surface area (Å²) in [5, 5.41) is 3.62. The molecule has 1 aliphatic carbocycles. The Morgan fingerprint density at radius 1 is 1.29 bits per heavy atom. The standard InChI is InChI=1S/C18H27N3O2S/c1-11-6-7-13-14(9-11)24-18(16(13)17(19)23)20-15(22)10-21-8-4-3-5-12(21)2/h11-12H,3-10H2,1-2H3,(H2,19,23)(H,20,22)/t11-,12-/m0/s1. The molecule has 0 spiro atoms. The van der Waals surface area contributed by atoms with Crippen LogP contribution in [0.15, 0.2) is 0 Å². The van der Waals surface area contributed by atoms with Crippen molar-refractivity contribution in [3.05, 3.63) is 16.0 Å². The van der Waals surface area contributed by atoms with Crippen LogP contribution in [-0.4, -0.2) is 35.8 Å². The van der Waals surface area contributed by atoms with Gasteiger partial charge < -0.3 is 11.1 Å². The predicted molar refractivity (Wildman–Crippen MR) is 97.5 cm³/mol. The zero-order valence-electron chi connectivity index (χ0n) is 14.6. The minimum atomic E-state index is -0.427. The van der Waals surface area contributed by atoms with Crippen molar-refractivity contribution < 1.29 is 9.59 Å². The van der Waals surface area contributed by atoms with E-state index in [1.807, 2.05) is 0 Å². The smallest absolute Gasteiger partial charge is 0.251 e. The Hall–Kier alpha value is -1.40. The van der Waals surface area contributed by atoms with Crippen LogP contribution in [-0.2, 0) is 17.6 Å². The fourth-order valence-electron chi connectivity index (χ4n) is 3.84. The van der Waals surface area contributed by atoms with E-state index in [1.54, 1.807) is 0 Å². The van der Waals surface area contributed by atoms with E-state index < -0.39 is 5.91 Å². The van der Waals surface area contributed by atoms with Crippen molar-refractivity contribution in [2.45, 2.75) is 58.4 Å². The molecule has 2 amide bonds. The van der Waals surface area contributed by atoms with Crippen LogP contribution >= 0.6 is 11.3 Å². The summed E-state index contributed by atoms with van der Waals surface area (Å²) in [5.41, 5.74) is 7.21. The predicted octanol–water partition coefficient (Wildman–Crippen LogP) is 2.78. The molecule has 1 aromatic rings. The average Bonchev–Trinajstić information content (AvgIpc) is 2.86. The number of carbonyl (C=O) groups excluding carboxylic acids is 2. The molecular weight excluding hydrogens is 322 g/mol. The fraction of sp³-hybridized carbons (Fsp3) is 0.667. The molecule has 0 aromatic carbocycles. The van der Waals surface area contributed by atoms with Crippen molar-refractivity contribution in [1.29, 1.82) is 0 Å². The number of anilines is 1. The Kier molecular flexibility index (Phi) is 5.25. The van der Waals surface area contributed by atoms with Gasteiger partial charge >= 0.3 is 0 Å². The Balaban J connectivity index is 1.74. The van der Waals surface area contributed by atoms with Gasteiger partial charge in [0.25, 0.3) is 5.91 Å². The monoisotopic (exact) mass is 349 g/mol. The number of primary amides is 1. The Morgan fingerprint density at radius 2 is 2.08 bits per heavy atom. The maximum Gasteiger partial charge on any atom is 0.251 e. The summed E-state index contributed by atoms with van der Waals surface area (Å²) in [6, 6.07) is 0.442. The minimum Gasteiger partial charge on any atom is -0.365 e. The van der Waals surface area contributed by atoms with E-state index in [0.29, 0.717) is 29.1 Å². The van der Waals surface area contributed by atoms with Crippen LogP contribution in [0.1, 0.15) is 60.3 Å². The number of hydrogen-bond donors (Lipinski definition) is 2. The van der Waals surface area contributed by atoms with Crippen molar-refractivity contribution in [1.82, 2.24) is 4.90 Å². The lowest BCUT2D eigenvalue weighted by Gasteiger charge is -2.32. The van der Waals surface area contributed by atoms with Gasteiger partial charge in [-0.15, -0.1) is 11.3 Å². The van der Waals surface area contributed by atoms with Crippen LogP contribution in [0.2, 0.25) is 0 Å². The summed E-state index contributed by atoms with van der Waals surface area (Å²) in [4.78, 5) is 27.8. The highest BCUT2D eigenvalue weighted by atomic mass is 32.1. The maximum atomic E-state index is 12.5. The molecule has 24 heavy (non-hydrogen) atoms. The van der Waals surface area contributed by atoms with Gasteiger partial charge in [-0.1, -0.05) is 13.3 Å². The third-order valence-electron chi connectivity index (χ3n) is 5.30. The summed E-state index contributed by atoms with van der Waals surface area (Å²) < 4.78 is 0. The van der Waals surface area contributed by atoms with E-state index in [9.17, 15) is 9.59 Å². The maximum absolute atomic E-state index is 12.5. The first kappa shape index (κ1) is 17.4. The third kappa shape index (κ3) is 3.64. The van der Waals surface area contributed by atoms with Crippen molar-refractivity contribution in [3.8, 4) is 0 Å². The van der Waals surface area contributed by atoms with E-state index in [-0.39, 0.29) is 5.91 Å². The van der Waals surface area contributed by atoms with Gasteiger partial charge in [-0.05, 0) is 57.1 Å². The summed E-state index contributed by atoms with van der Waals surface area (Å²) >= 11 is 1.53. The molecule has 0 radical (unpaired) electrons. The molecule has 0 saturated carbocycles. The van der Waals surface area contributed by atoms with Gasteiger partial charge in [-0.3, -0.25) is 14.5 Å². The number of rotatable bonds is 4. The Morgan fingerprint density at radius 3 is 2.79 bits per heavy atom. The van der Waals surface area contributed by atoms with Crippen molar-refractivity contribution >= 4 is 28.2 Å². The van der Waals surface area contributed by atoms with Crippen LogP contribution in [0.5, 0.6) is 0 Å². The van der Waals surface area contributed by atoms with Gasteiger partial charge in [0.05, 0.1) is 12.1 Å². The number of nitrogens with one attached hydrogen (secondary N) is 1. The third-order valence-corrected chi connectivity index (χ3v) is 6.47. The van der Waals surface area contributed by atoms with E-state index >= 15 is 0 Å². The van der Waals surface area contributed by atoms with E-state index in [1.165, 1.54) is 22.6 Å². The van der Waals surface area contributed by atoms with Crippen LogP contribution < -0.4 is 11.1 Å². The largest absolute Gasteiger partial charge is 0.365 e. The molecular formula is C18H27N3O2S. The molecule has 1 fully saturated rings. The molecule has 1 saturated heterocycles. The number of likely N-dealkylation sites (tertiary alicyclic amines) is 1. The lowest BCUT2D eigenvalue weighted by Crippen LogP contribution is -2.42. The van der Waals surface area contributed by atoms with Crippen LogP contribution in [0.4, 0.5) is 5.00 Å². The second-order valence-corrected chi connectivity index (χ2v) is 8.39. The first-order chi connectivity index (χ1) is 11.5. The van der Waals surface area contributed by atoms with Crippen molar-refractivity contribution in [3.63, 3.8) is 0 Å². The Labute approximate surface area is 147 Å². The molecule has 6 heteroatoms. The van der Waals surface area contributed by atoms with Crippen LogP contribution in [0, 0.1) is 5.92 Å². The average molecular weight is 350 g/mol. The van der Waals surface area contributed by atoms with Crippen LogP contribution in [0.3, 0.4) is 0 Å². The number of carbonyl (C=O) groups is 2. The normalized spacial score (nSPS) is 24.4. The number of fused-ring (bicyclic) bond motifs is 1. The van der Waals surface area contributed by atoms with Gasteiger partial charge in [0, 0.05) is 10.9 Å². The second kappa shape index (κ2) is 7.23. The fourth-order valence-corrected chi connectivity index (χ4v) is 5.27. The molecule has 2 atom stereocenters. The molecule has 1 aromatic heterocycles. The number of amides is 2.